The van der Waals surface area contributed by atoms with Gasteiger partial charge in [-0.3, -0.25) is 14.5 Å². The van der Waals surface area contributed by atoms with E-state index in [1.165, 1.54) is 17.4 Å². The quantitative estimate of drug-likeness (QED) is 0.794. The molecule has 0 N–H and O–H groups in total. The zero-order chi connectivity index (χ0) is 19.2. The number of amides is 2. The zero-order valence-corrected chi connectivity index (χ0v) is 16.2. The molecule has 27 heavy (non-hydrogen) atoms. The number of halogens is 1. The molecule has 5 nitrogen and oxygen atoms in total. The second-order valence-corrected chi connectivity index (χ2v) is 7.11. The Morgan fingerprint density at radius 1 is 0.963 bits per heavy atom. The van der Waals surface area contributed by atoms with Crippen LogP contribution in [0.2, 0.25) is 5.02 Å². The first-order valence-electron chi connectivity index (χ1n) is 9.11. The first kappa shape index (κ1) is 19.4. The van der Waals surface area contributed by atoms with Gasteiger partial charge in [-0.25, -0.2) is 0 Å². The van der Waals surface area contributed by atoms with Crippen molar-refractivity contribution in [3.8, 4) is 0 Å². The average Bonchev–Trinajstić information content (AvgIpc) is 2.68. The second-order valence-electron chi connectivity index (χ2n) is 6.70. The van der Waals surface area contributed by atoms with Gasteiger partial charge in [-0.2, -0.15) is 0 Å². The van der Waals surface area contributed by atoms with Gasteiger partial charge in [0.05, 0.1) is 10.7 Å². The number of hydrogen-bond acceptors (Lipinski definition) is 3. The van der Waals surface area contributed by atoms with E-state index in [4.69, 9.17) is 11.6 Å². The summed E-state index contributed by atoms with van der Waals surface area (Å²) in [5.41, 5.74) is 1.85. The molecule has 0 saturated carbocycles. The van der Waals surface area contributed by atoms with Crippen LogP contribution in [0.4, 0.5) is 5.69 Å². The molecule has 0 aromatic heterocycles. The smallest absolute Gasteiger partial charge is 0.242 e. The Morgan fingerprint density at radius 3 is 2.22 bits per heavy atom. The van der Waals surface area contributed by atoms with Gasteiger partial charge in [-0.1, -0.05) is 54.1 Å². The molecule has 0 unspecified atom stereocenters. The van der Waals surface area contributed by atoms with Crippen LogP contribution in [0.3, 0.4) is 0 Å². The van der Waals surface area contributed by atoms with Gasteiger partial charge in [0.2, 0.25) is 11.8 Å². The van der Waals surface area contributed by atoms with Crippen LogP contribution in [0.1, 0.15) is 12.5 Å². The van der Waals surface area contributed by atoms with E-state index in [0.717, 1.165) is 19.6 Å². The highest BCUT2D eigenvalue weighted by Gasteiger charge is 2.25. The number of hydrogen-bond donors (Lipinski definition) is 0. The minimum absolute atomic E-state index is 0.0117. The molecule has 3 rings (SSSR count). The summed E-state index contributed by atoms with van der Waals surface area (Å²) in [6.07, 6.45) is 0. The molecule has 1 fully saturated rings. The van der Waals surface area contributed by atoms with Crippen molar-refractivity contribution in [1.29, 1.82) is 0 Å². The topological polar surface area (TPSA) is 43.9 Å². The monoisotopic (exact) mass is 385 g/mol. The highest BCUT2D eigenvalue weighted by atomic mass is 35.5. The van der Waals surface area contributed by atoms with Gasteiger partial charge in [0.1, 0.15) is 6.54 Å². The Labute approximate surface area is 165 Å². The Morgan fingerprint density at radius 2 is 1.59 bits per heavy atom. The molecule has 142 valence electrons. The van der Waals surface area contributed by atoms with E-state index in [-0.39, 0.29) is 18.4 Å². The normalized spacial score (nSPS) is 14.8. The summed E-state index contributed by atoms with van der Waals surface area (Å²) in [5.74, 6) is -0.247. The SMILES string of the molecule is CC(=O)N(CC(=O)N1CCN(Cc2ccccc2)CC1)c1ccccc1Cl. The van der Waals surface area contributed by atoms with Crippen molar-refractivity contribution in [1.82, 2.24) is 9.80 Å². The van der Waals surface area contributed by atoms with E-state index in [0.29, 0.717) is 23.8 Å². The van der Waals surface area contributed by atoms with Gasteiger partial charge in [-0.05, 0) is 17.7 Å². The van der Waals surface area contributed by atoms with E-state index >= 15 is 0 Å². The zero-order valence-electron chi connectivity index (χ0n) is 15.5. The van der Waals surface area contributed by atoms with Crippen molar-refractivity contribution in [2.45, 2.75) is 13.5 Å². The summed E-state index contributed by atoms with van der Waals surface area (Å²) in [5, 5.41) is 0.466. The van der Waals surface area contributed by atoms with E-state index in [9.17, 15) is 9.59 Å². The Hall–Kier alpha value is -2.37. The molecule has 2 amide bonds. The maximum atomic E-state index is 12.7. The van der Waals surface area contributed by atoms with E-state index in [1.54, 1.807) is 18.2 Å². The van der Waals surface area contributed by atoms with Gasteiger partial charge in [0.25, 0.3) is 0 Å². The molecule has 1 saturated heterocycles. The van der Waals surface area contributed by atoms with E-state index in [2.05, 4.69) is 17.0 Å². The van der Waals surface area contributed by atoms with Gasteiger partial charge in [-0.15, -0.1) is 0 Å². The largest absolute Gasteiger partial charge is 0.339 e. The first-order chi connectivity index (χ1) is 13.0. The van der Waals surface area contributed by atoms with Crippen molar-refractivity contribution in [3.63, 3.8) is 0 Å². The minimum Gasteiger partial charge on any atom is -0.339 e. The summed E-state index contributed by atoms with van der Waals surface area (Å²) in [4.78, 5) is 30.4. The third-order valence-electron chi connectivity index (χ3n) is 4.79. The lowest BCUT2D eigenvalue weighted by molar-refractivity contribution is -0.132. The van der Waals surface area contributed by atoms with Crippen molar-refractivity contribution in [2.75, 3.05) is 37.6 Å². The van der Waals surface area contributed by atoms with Crippen LogP contribution in [0, 0.1) is 0 Å². The number of nitrogens with zero attached hydrogens (tertiary/aromatic N) is 3. The summed E-state index contributed by atoms with van der Waals surface area (Å²) in [6, 6.07) is 17.4. The number of carbonyl (C=O) groups excluding carboxylic acids is 2. The third kappa shape index (κ3) is 5.08. The Kier molecular flexibility index (Phi) is 6.48. The van der Waals surface area contributed by atoms with Crippen LogP contribution < -0.4 is 4.90 Å². The van der Waals surface area contributed by atoms with Crippen LogP contribution >= 0.6 is 11.6 Å². The second kappa shape index (κ2) is 9.02. The maximum absolute atomic E-state index is 12.7. The number of rotatable bonds is 5. The first-order valence-corrected chi connectivity index (χ1v) is 9.49. The van der Waals surface area contributed by atoms with Crippen LogP contribution in [0.5, 0.6) is 0 Å². The molecule has 2 aromatic carbocycles. The van der Waals surface area contributed by atoms with Gasteiger partial charge in [0.15, 0.2) is 0 Å². The van der Waals surface area contributed by atoms with Gasteiger partial charge >= 0.3 is 0 Å². The molecule has 1 heterocycles. The lowest BCUT2D eigenvalue weighted by atomic mass is 10.2. The van der Waals surface area contributed by atoms with Crippen LogP contribution in [-0.4, -0.2) is 54.3 Å². The molecule has 6 heteroatoms. The highest BCUT2D eigenvalue weighted by Crippen LogP contribution is 2.25. The fourth-order valence-electron chi connectivity index (χ4n) is 3.27. The molecule has 2 aromatic rings. The third-order valence-corrected chi connectivity index (χ3v) is 5.11. The molecule has 0 atom stereocenters. The predicted octanol–water partition coefficient (Wildman–Crippen LogP) is 3.04. The summed E-state index contributed by atoms with van der Waals surface area (Å²) < 4.78 is 0. The minimum atomic E-state index is -0.195. The molecule has 0 radical (unpaired) electrons. The summed E-state index contributed by atoms with van der Waals surface area (Å²) in [7, 11) is 0. The van der Waals surface area contributed by atoms with Crippen molar-refractivity contribution >= 4 is 29.1 Å². The Balaban J connectivity index is 1.57. The standard InChI is InChI=1S/C21H24ClN3O2/c1-17(26)25(20-10-6-5-9-19(20)22)16-21(27)24-13-11-23(12-14-24)15-18-7-3-2-4-8-18/h2-10H,11-16H2,1H3. The highest BCUT2D eigenvalue weighted by molar-refractivity contribution is 6.33. The molecular formula is C21H24ClN3O2. The van der Waals surface area contributed by atoms with Crippen LogP contribution in [-0.2, 0) is 16.1 Å². The molecule has 0 spiro atoms. The Bertz CT molecular complexity index is 789. The molecule has 1 aliphatic heterocycles. The maximum Gasteiger partial charge on any atom is 0.242 e. The molecule has 0 bridgehead atoms. The van der Waals surface area contributed by atoms with E-state index in [1.807, 2.05) is 29.2 Å². The van der Waals surface area contributed by atoms with Gasteiger partial charge < -0.3 is 9.80 Å². The summed E-state index contributed by atoms with van der Waals surface area (Å²) in [6.45, 7) is 5.34. The fraction of sp³-hybridized carbons (Fsp3) is 0.333. The number of benzene rings is 2. The molecular weight excluding hydrogens is 362 g/mol. The number of anilines is 1. The van der Waals surface area contributed by atoms with E-state index < -0.39 is 0 Å². The lowest BCUT2D eigenvalue weighted by Gasteiger charge is -2.35. The van der Waals surface area contributed by atoms with Crippen LogP contribution in [0.15, 0.2) is 54.6 Å². The van der Waals surface area contributed by atoms with Crippen molar-refractivity contribution < 1.29 is 9.59 Å². The number of carbonyl (C=O) groups is 2. The van der Waals surface area contributed by atoms with Crippen LogP contribution in [0.25, 0.3) is 0 Å². The van der Waals surface area contributed by atoms with Crippen molar-refractivity contribution in [3.05, 3.63) is 65.2 Å². The fourth-order valence-corrected chi connectivity index (χ4v) is 3.51. The lowest BCUT2D eigenvalue weighted by Crippen LogP contribution is -2.51. The number of piperazine rings is 1. The predicted molar refractivity (Wildman–Crippen MR) is 108 cm³/mol. The molecule has 0 aliphatic carbocycles. The van der Waals surface area contributed by atoms with Gasteiger partial charge in [0, 0.05) is 39.6 Å². The average molecular weight is 386 g/mol. The summed E-state index contributed by atoms with van der Waals surface area (Å²) >= 11 is 6.20. The molecule has 1 aliphatic rings. The number of para-hydroxylation sites is 1. The van der Waals surface area contributed by atoms with Crippen molar-refractivity contribution in [2.24, 2.45) is 0 Å².